The third-order valence-electron chi connectivity index (χ3n) is 3.62. The second kappa shape index (κ2) is 19.4. The van der Waals surface area contributed by atoms with Crippen molar-refractivity contribution in [2.45, 2.75) is 70.8 Å². The highest BCUT2D eigenvalue weighted by atomic mass is 17.1. The van der Waals surface area contributed by atoms with Gasteiger partial charge < -0.3 is 5.11 Å². The molecule has 0 heterocycles. The summed E-state index contributed by atoms with van der Waals surface area (Å²) in [6.07, 6.45) is 27.5. The molecular weight excluding hydrogens is 328 g/mol. The van der Waals surface area contributed by atoms with E-state index in [-0.39, 0.29) is 12.5 Å². The number of carbonyl (C=O) groups is 1. The lowest BCUT2D eigenvalue weighted by atomic mass is 10.1. The molecule has 0 bridgehead atoms. The van der Waals surface area contributed by atoms with E-state index >= 15 is 0 Å². The summed E-state index contributed by atoms with van der Waals surface area (Å²) >= 11 is 0. The average Bonchev–Trinajstić information content (AvgIpc) is 2.63. The maximum atomic E-state index is 10.4. The normalized spacial score (nSPS) is 13.9. The van der Waals surface area contributed by atoms with Gasteiger partial charge in [-0.15, -0.1) is 0 Å². The lowest BCUT2D eigenvalue weighted by Crippen LogP contribution is -2.04. The van der Waals surface area contributed by atoms with Crippen LogP contribution in [0.3, 0.4) is 0 Å². The van der Waals surface area contributed by atoms with E-state index in [0.29, 0.717) is 6.42 Å². The third kappa shape index (κ3) is 18.4. The Balaban J connectivity index is 3.68. The first kappa shape index (κ1) is 24.1. The summed E-state index contributed by atoms with van der Waals surface area (Å²) in [5.74, 6) is -0.708. The molecular formula is C22H34O4. The van der Waals surface area contributed by atoms with Crippen molar-refractivity contribution >= 4 is 5.97 Å². The van der Waals surface area contributed by atoms with Crippen LogP contribution in [0.2, 0.25) is 0 Å². The van der Waals surface area contributed by atoms with Crippen molar-refractivity contribution in [2.75, 3.05) is 0 Å². The van der Waals surface area contributed by atoms with Crippen molar-refractivity contribution in [3.8, 4) is 0 Å². The minimum absolute atomic E-state index is 0.277. The van der Waals surface area contributed by atoms with Crippen LogP contribution in [0.1, 0.15) is 64.7 Å². The highest BCUT2D eigenvalue weighted by Gasteiger charge is 1.99. The molecule has 0 aliphatic carbocycles. The Labute approximate surface area is 158 Å². The maximum absolute atomic E-state index is 10.4. The molecule has 0 radical (unpaired) electrons. The van der Waals surface area contributed by atoms with Gasteiger partial charge in [0.25, 0.3) is 0 Å². The van der Waals surface area contributed by atoms with Crippen LogP contribution < -0.4 is 0 Å². The molecule has 0 aromatic heterocycles. The molecule has 0 aromatic carbocycles. The van der Waals surface area contributed by atoms with E-state index in [0.717, 1.165) is 44.9 Å². The van der Waals surface area contributed by atoms with E-state index in [9.17, 15) is 4.79 Å². The summed E-state index contributed by atoms with van der Waals surface area (Å²) in [4.78, 5) is 14.8. The number of carboxylic acid groups (broad SMARTS) is 1. The van der Waals surface area contributed by atoms with E-state index < -0.39 is 5.97 Å². The van der Waals surface area contributed by atoms with Gasteiger partial charge in [-0.3, -0.25) is 10.1 Å². The Morgan fingerprint density at radius 2 is 1.65 bits per heavy atom. The van der Waals surface area contributed by atoms with Crippen molar-refractivity contribution in [3.05, 3.63) is 60.8 Å². The number of carboxylic acids is 1. The Hall–Kier alpha value is -1.91. The van der Waals surface area contributed by atoms with Crippen LogP contribution in [0.5, 0.6) is 0 Å². The maximum Gasteiger partial charge on any atom is 0.303 e. The fourth-order valence-electron chi connectivity index (χ4n) is 2.18. The van der Waals surface area contributed by atoms with Gasteiger partial charge in [-0.2, -0.15) is 0 Å². The summed E-state index contributed by atoms with van der Waals surface area (Å²) in [6.45, 7) is 2.07. The van der Waals surface area contributed by atoms with Crippen molar-refractivity contribution in [1.29, 1.82) is 0 Å². The van der Waals surface area contributed by atoms with E-state index in [2.05, 4.69) is 48.3 Å². The molecule has 1 atom stereocenters. The molecule has 0 amide bonds. The highest BCUT2D eigenvalue weighted by molar-refractivity contribution is 5.66. The standard InChI is InChI=1S/C22H34O4/c1-2-3-15-18-21(26-25)19-16-13-11-9-7-5-4-6-8-10-12-14-17-20-22(23)24/h3,5-8,11,13,15-16,19,21,25H,2,4,9-10,12,14,17-18,20H2,1H3,(H,23,24). The third-order valence-corrected chi connectivity index (χ3v) is 3.62. The summed E-state index contributed by atoms with van der Waals surface area (Å²) in [7, 11) is 0. The molecule has 4 heteroatoms. The molecule has 0 saturated heterocycles. The summed E-state index contributed by atoms with van der Waals surface area (Å²) in [6, 6.07) is 0. The van der Waals surface area contributed by atoms with Crippen LogP contribution in [0, 0.1) is 0 Å². The topological polar surface area (TPSA) is 66.8 Å². The van der Waals surface area contributed by atoms with Crippen LogP contribution in [0.15, 0.2) is 60.8 Å². The summed E-state index contributed by atoms with van der Waals surface area (Å²) in [5.41, 5.74) is 0. The monoisotopic (exact) mass is 362 g/mol. The molecule has 4 nitrogen and oxygen atoms in total. The fourth-order valence-corrected chi connectivity index (χ4v) is 2.18. The number of hydrogen-bond donors (Lipinski definition) is 2. The Bertz CT molecular complexity index is 473. The second-order valence-electron chi connectivity index (χ2n) is 5.98. The van der Waals surface area contributed by atoms with Gasteiger partial charge in [0, 0.05) is 6.42 Å². The van der Waals surface area contributed by atoms with Gasteiger partial charge in [-0.05, 0) is 44.9 Å². The molecule has 0 aromatic rings. The molecule has 0 spiro atoms. The Morgan fingerprint density at radius 3 is 2.35 bits per heavy atom. The van der Waals surface area contributed by atoms with E-state index in [1.807, 2.05) is 24.3 Å². The fraction of sp³-hybridized carbons (Fsp3) is 0.500. The Morgan fingerprint density at radius 1 is 0.923 bits per heavy atom. The average molecular weight is 363 g/mol. The van der Waals surface area contributed by atoms with Gasteiger partial charge >= 0.3 is 5.97 Å². The van der Waals surface area contributed by atoms with Crippen LogP contribution >= 0.6 is 0 Å². The van der Waals surface area contributed by atoms with Crippen molar-refractivity contribution in [2.24, 2.45) is 0 Å². The predicted molar refractivity (Wildman–Crippen MR) is 108 cm³/mol. The number of rotatable bonds is 16. The minimum Gasteiger partial charge on any atom is -0.481 e. The smallest absolute Gasteiger partial charge is 0.303 e. The zero-order valence-corrected chi connectivity index (χ0v) is 15.9. The highest BCUT2D eigenvalue weighted by Crippen LogP contribution is 2.04. The van der Waals surface area contributed by atoms with Crippen LogP contribution in [-0.2, 0) is 9.68 Å². The molecule has 0 aliphatic heterocycles. The zero-order valence-electron chi connectivity index (χ0n) is 15.9. The lowest BCUT2D eigenvalue weighted by Gasteiger charge is -2.03. The van der Waals surface area contributed by atoms with Gasteiger partial charge in [-0.1, -0.05) is 74.1 Å². The molecule has 0 rings (SSSR count). The molecule has 0 fully saturated rings. The van der Waals surface area contributed by atoms with Gasteiger partial charge in [-0.25, -0.2) is 4.89 Å². The predicted octanol–water partition coefficient (Wildman–Crippen LogP) is 6.24. The SMILES string of the molecule is CCC=CCC(C=CC=CCC=CCC=CCCCCCC(=O)O)OO. The van der Waals surface area contributed by atoms with E-state index in [1.165, 1.54) is 0 Å². The molecule has 26 heavy (non-hydrogen) atoms. The number of unbranched alkanes of at least 4 members (excludes halogenated alkanes) is 3. The molecule has 1 unspecified atom stereocenters. The number of hydrogen-bond acceptors (Lipinski definition) is 3. The van der Waals surface area contributed by atoms with Crippen LogP contribution in [0.25, 0.3) is 0 Å². The van der Waals surface area contributed by atoms with Gasteiger partial charge in [0.05, 0.1) is 0 Å². The van der Waals surface area contributed by atoms with Gasteiger partial charge in [0.15, 0.2) is 0 Å². The van der Waals surface area contributed by atoms with Crippen LogP contribution in [0.4, 0.5) is 0 Å². The van der Waals surface area contributed by atoms with Gasteiger partial charge in [0.1, 0.15) is 6.10 Å². The number of aliphatic carboxylic acids is 1. The van der Waals surface area contributed by atoms with Gasteiger partial charge in [0.2, 0.25) is 0 Å². The van der Waals surface area contributed by atoms with E-state index in [4.69, 9.17) is 10.4 Å². The summed E-state index contributed by atoms with van der Waals surface area (Å²) in [5, 5.41) is 17.3. The van der Waals surface area contributed by atoms with Crippen molar-refractivity contribution < 1.29 is 20.0 Å². The first-order valence-electron chi connectivity index (χ1n) is 9.51. The Kier molecular flexibility index (Phi) is 18.0. The first-order chi connectivity index (χ1) is 12.7. The zero-order chi connectivity index (χ0) is 19.3. The molecule has 146 valence electrons. The molecule has 2 N–H and O–H groups in total. The largest absolute Gasteiger partial charge is 0.481 e. The first-order valence-corrected chi connectivity index (χ1v) is 9.51. The quantitative estimate of drug-likeness (QED) is 0.112. The number of allylic oxidation sites excluding steroid dienone is 8. The minimum atomic E-state index is -0.708. The lowest BCUT2D eigenvalue weighted by molar-refractivity contribution is -0.264. The summed E-state index contributed by atoms with van der Waals surface area (Å²) < 4.78 is 0. The van der Waals surface area contributed by atoms with E-state index in [1.54, 1.807) is 0 Å². The van der Waals surface area contributed by atoms with Crippen LogP contribution in [-0.4, -0.2) is 22.4 Å². The second-order valence-corrected chi connectivity index (χ2v) is 5.98. The van der Waals surface area contributed by atoms with Crippen molar-refractivity contribution in [1.82, 2.24) is 0 Å². The molecule has 0 saturated carbocycles. The van der Waals surface area contributed by atoms with Crippen molar-refractivity contribution in [3.63, 3.8) is 0 Å². The molecule has 0 aliphatic rings.